The minimum atomic E-state index is -4.58. The van der Waals surface area contributed by atoms with Gasteiger partial charge in [0.15, 0.2) is 18.0 Å². The standard InChI is InChI=1S/C36H48N7O10P/c1-21(2)33(44)50-30-29(27-15-16-28-32(39)40-20-41-43(27)28)52-36(18-37,31(30)51-34(45)22(3)4)19-49-54(47,53-26-9-7-6-8-10-26)42-23(5)35(46)48-17-24-11-13-25(38)14-12-24/h6-10,15-16,20-25,29-31H,11-14,17,19,38H2,1-5H3,(H,42,47)(H2,39,40,41)/t23-,24-,25-,29-,30-,31-,36+,54+/m0/s1. The van der Waals surface area contributed by atoms with Gasteiger partial charge in [0.1, 0.15) is 42.4 Å². The van der Waals surface area contributed by atoms with E-state index in [4.69, 9.17) is 39.5 Å². The summed E-state index contributed by atoms with van der Waals surface area (Å²) in [6.45, 7) is 7.15. The van der Waals surface area contributed by atoms with E-state index in [2.05, 4.69) is 15.2 Å². The number of hydrogen-bond acceptors (Lipinski definition) is 15. The van der Waals surface area contributed by atoms with Gasteiger partial charge in [-0.05, 0) is 62.8 Å². The molecule has 0 unspecified atom stereocenters. The topological polar surface area (TPSA) is 242 Å². The van der Waals surface area contributed by atoms with Crippen LogP contribution in [-0.4, -0.2) is 75.6 Å². The minimum absolute atomic E-state index is 0.118. The number of fused-ring (bicyclic) bond motifs is 1. The molecule has 2 fully saturated rings. The summed E-state index contributed by atoms with van der Waals surface area (Å²) in [6, 6.07) is 12.2. The molecule has 3 aromatic rings. The van der Waals surface area contributed by atoms with E-state index < -0.39 is 74.1 Å². The molecule has 1 saturated carbocycles. The number of nitrogens with one attached hydrogen (secondary N) is 1. The summed E-state index contributed by atoms with van der Waals surface area (Å²) >= 11 is 0. The fourth-order valence-electron chi connectivity index (χ4n) is 6.12. The number of benzene rings is 1. The van der Waals surface area contributed by atoms with Crippen LogP contribution in [0.15, 0.2) is 48.8 Å². The summed E-state index contributed by atoms with van der Waals surface area (Å²) in [6.07, 6.45) is 0.192. The van der Waals surface area contributed by atoms with Crippen LogP contribution in [0.5, 0.6) is 5.75 Å². The number of ether oxygens (including phenoxy) is 4. The second-order valence-electron chi connectivity index (χ2n) is 14.2. The van der Waals surface area contributed by atoms with E-state index in [1.165, 1.54) is 29.9 Å². The molecule has 2 aliphatic rings. The third-order valence-electron chi connectivity index (χ3n) is 9.30. The Kier molecular flexibility index (Phi) is 13.0. The summed E-state index contributed by atoms with van der Waals surface area (Å²) in [5.41, 5.74) is 10.5. The van der Waals surface area contributed by atoms with Gasteiger partial charge in [0.25, 0.3) is 0 Å². The quantitative estimate of drug-likeness (QED) is 0.112. The van der Waals surface area contributed by atoms with Crippen LogP contribution < -0.4 is 21.1 Å². The molecule has 2 aromatic heterocycles. The zero-order chi connectivity index (χ0) is 39.2. The van der Waals surface area contributed by atoms with Crippen LogP contribution in [0.2, 0.25) is 0 Å². The molecule has 0 spiro atoms. The third kappa shape index (κ3) is 9.37. The van der Waals surface area contributed by atoms with Crippen molar-refractivity contribution in [1.29, 1.82) is 5.26 Å². The monoisotopic (exact) mass is 769 g/mol. The van der Waals surface area contributed by atoms with Crippen LogP contribution in [0.1, 0.15) is 72.1 Å². The summed E-state index contributed by atoms with van der Waals surface area (Å²) in [5.74, 6) is -3.00. The number of para-hydroxylation sites is 1. The minimum Gasteiger partial charge on any atom is -0.464 e. The molecule has 18 heteroatoms. The van der Waals surface area contributed by atoms with Gasteiger partial charge in [-0.1, -0.05) is 45.9 Å². The van der Waals surface area contributed by atoms with E-state index in [9.17, 15) is 24.2 Å². The average molecular weight is 770 g/mol. The molecule has 54 heavy (non-hydrogen) atoms. The lowest BCUT2D eigenvalue weighted by Gasteiger charge is -2.31. The smallest absolute Gasteiger partial charge is 0.459 e. The lowest BCUT2D eigenvalue weighted by Crippen LogP contribution is -2.50. The van der Waals surface area contributed by atoms with Gasteiger partial charge < -0.3 is 34.9 Å². The van der Waals surface area contributed by atoms with Crippen molar-refractivity contribution in [2.24, 2.45) is 23.5 Å². The largest absolute Gasteiger partial charge is 0.464 e. The molecule has 5 N–H and O–H groups in total. The zero-order valence-electron chi connectivity index (χ0n) is 31.0. The van der Waals surface area contributed by atoms with E-state index >= 15 is 0 Å². The van der Waals surface area contributed by atoms with Gasteiger partial charge in [-0.15, -0.1) is 0 Å². The summed E-state index contributed by atoms with van der Waals surface area (Å²) < 4.78 is 51.6. The van der Waals surface area contributed by atoms with Gasteiger partial charge >= 0.3 is 25.7 Å². The molecule has 1 aliphatic carbocycles. The molecule has 1 aliphatic heterocycles. The van der Waals surface area contributed by atoms with Gasteiger partial charge in [-0.3, -0.25) is 18.9 Å². The number of hydrogen-bond donors (Lipinski definition) is 3. The van der Waals surface area contributed by atoms with E-state index in [0.717, 1.165) is 25.7 Å². The van der Waals surface area contributed by atoms with Crippen molar-refractivity contribution in [3.8, 4) is 11.8 Å². The maximum atomic E-state index is 14.6. The van der Waals surface area contributed by atoms with Crippen LogP contribution in [0.3, 0.4) is 0 Å². The summed E-state index contributed by atoms with van der Waals surface area (Å²) in [5, 5.41) is 17.8. The molecule has 1 saturated heterocycles. The SMILES string of the molecule is CC(C)C(=O)O[C@H]1[C@H](c2ccc3c(N)ncnn23)O[C@](C#N)(CO[P@](=O)(N[C@@H](C)C(=O)OC[C@H]2CC[C@H](N)CC2)Oc2ccccc2)[C@H]1OC(=O)C(C)C. The normalized spacial score (nSPS) is 25.8. The highest BCUT2D eigenvalue weighted by Crippen LogP contribution is 2.50. The van der Waals surface area contributed by atoms with Crippen LogP contribution in [0.4, 0.5) is 5.82 Å². The average Bonchev–Trinajstić information content (AvgIpc) is 3.70. The van der Waals surface area contributed by atoms with Crippen molar-refractivity contribution >= 4 is 37.0 Å². The fourth-order valence-corrected chi connectivity index (χ4v) is 7.64. The van der Waals surface area contributed by atoms with Crippen LogP contribution in [0.25, 0.3) is 5.52 Å². The first kappa shape index (κ1) is 40.6. The molecule has 6 atom stereocenters. The number of nitrogen functional groups attached to an aromatic ring is 1. The maximum Gasteiger partial charge on any atom is 0.459 e. The molecule has 0 radical (unpaired) electrons. The fraction of sp³-hybridized carbons (Fsp3) is 0.556. The van der Waals surface area contributed by atoms with E-state index in [1.807, 2.05) is 6.07 Å². The van der Waals surface area contributed by atoms with Gasteiger partial charge in [0, 0.05) is 6.04 Å². The van der Waals surface area contributed by atoms with Crippen molar-refractivity contribution in [1.82, 2.24) is 19.7 Å². The first-order chi connectivity index (χ1) is 25.6. The van der Waals surface area contributed by atoms with E-state index in [0.29, 0.717) is 5.52 Å². The van der Waals surface area contributed by atoms with E-state index in [1.54, 1.807) is 58.0 Å². The Labute approximate surface area is 313 Å². The highest BCUT2D eigenvalue weighted by atomic mass is 31.2. The Morgan fingerprint density at radius 1 is 1.02 bits per heavy atom. The molecule has 17 nitrogen and oxygen atoms in total. The number of carbonyl (C=O) groups excluding carboxylic acids is 3. The van der Waals surface area contributed by atoms with Gasteiger partial charge in [0.2, 0.25) is 5.60 Å². The van der Waals surface area contributed by atoms with Gasteiger partial charge in [-0.25, -0.2) is 14.1 Å². The lowest BCUT2D eigenvalue weighted by atomic mass is 9.87. The number of anilines is 1. The van der Waals surface area contributed by atoms with Crippen LogP contribution in [-0.2, 0) is 42.4 Å². The van der Waals surface area contributed by atoms with Crippen molar-refractivity contribution < 1.29 is 46.9 Å². The molecule has 0 amide bonds. The third-order valence-corrected chi connectivity index (χ3v) is 10.9. The molecular formula is C36H48N7O10P. The highest BCUT2D eigenvalue weighted by Gasteiger charge is 2.62. The predicted octanol–water partition coefficient (Wildman–Crippen LogP) is 4.02. The Morgan fingerprint density at radius 3 is 2.33 bits per heavy atom. The number of carbonyl (C=O) groups is 3. The Hall–Kier alpha value is -4.59. The van der Waals surface area contributed by atoms with Gasteiger partial charge in [-0.2, -0.15) is 15.4 Å². The molecule has 0 bridgehead atoms. The lowest BCUT2D eigenvalue weighted by molar-refractivity contribution is -0.173. The van der Waals surface area contributed by atoms with Crippen LogP contribution >= 0.6 is 7.75 Å². The van der Waals surface area contributed by atoms with Gasteiger partial charge in [0.05, 0.1) is 24.1 Å². The second-order valence-corrected chi connectivity index (χ2v) is 15.9. The number of nitrogens with two attached hydrogens (primary N) is 2. The van der Waals surface area contributed by atoms with Crippen molar-refractivity contribution in [2.75, 3.05) is 18.9 Å². The summed E-state index contributed by atoms with van der Waals surface area (Å²) in [4.78, 5) is 43.5. The Balaban J connectivity index is 1.48. The number of nitrogens with zero attached hydrogens (tertiary/aromatic N) is 4. The molecule has 5 rings (SSSR count). The summed E-state index contributed by atoms with van der Waals surface area (Å²) in [7, 11) is -4.58. The number of rotatable bonds is 15. The predicted molar refractivity (Wildman–Crippen MR) is 193 cm³/mol. The molecule has 292 valence electrons. The first-order valence-corrected chi connectivity index (χ1v) is 19.5. The Bertz CT molecular complexity index is 1880. The maximum absolute atomic E-state index is 14.6. The highest BCUT2D eigenvalue weighted by molar-refractivity contribution is 7.52. The number of esters is 3. The van der Waals surface area contributed by atoms with Crippen molar-refractivity contribution in [3.05, 3.63) is 54.5 Å². The number of aromatic nitrogens is 3. The van der Waals surface area contributed by atoms with Crippen LogP contribution in [0, 0.1) is 29.1 Å². The van der Waals surface area contributed by atoms with Crippen molar-refractivity contribution in [3.63, 3.8) is 0 Å². The Morgan fingerprint density at radius 2 is 1.69 bits per heavy atom. The van der Waals surface area contributed by atoms with Crippen molar-refractivity contribution in [2.45, 2.75) is 96.3 Å². The zero-order valence-corrected chi connectivity index (χ0v) is 31.8. The second kappa shape index (κ2) is 17.3. The molecule has 3 heterocycles. The number of nitriles is 1. The van der Waals surface area contributed by atoms with E-state index in [-0.39, 0.29) is 35.8 Å². The molecule has 1 aromatic carbocycles. The molecular weight excluding hydrogens is 721 g/mol. The first-order valence-electron chi connectivity index (χ1n) is 17.9.